The van der Waals surface area contributed by atoms with Gasteiger partial charge < -0.3 is 5.73 Å². The first-order valence-electron chi connectivity index (χ1n) is 6.99. The van der Waals surface area contributed by atoms with Gasteiger partial charge in [-0.25, -0.2) is 8.42 Å². The molecule has 3 rings (SSSR count). The number of benzene rings is 1. The number of nitrogens with two attached hydrogens (primary N) is 1. The molecule has 6 heteroatoms. The van der Waals surface area contributed by atoms with Gasteiger partial charge in [-0.1, -0.05) is 19.1 Å². The second-order valence-corrected chi connectivity index (χ2v) is 7.86. The van der Waals surface area contributed by atoms with E-state index in [1.807, 2.05) is 13.0 Å². The monoisotopic (exact) mass is 305 g/mol. The Morgan fingerprint density at radius 3 is 2.90 bits per heavy atom. The van der Waals surface area contributed by atoms with Gasteiger partial charge in [-0.2, -0.15) is 4.31 Å². The van der Waals surface area contributed by atoms with Gasteiger partial charge in [0.05, 0.1) is 4.90 Å². The van der Waals surface area contributed by atoms with Crippen LogP contribution >= 0.6 is 0 Å². The third-order valence-electron chi connectivity index (χ3n) is 4.27. The Labute approximate surface area is 124 Å². The number of hydrogen-bond donors (Lipinski definition) is 1. The normalized spacial score (nSPS) is 23.7. The van der Waals surface area contributed by atoms with Crippen molar-refractivity contribution < 1.29 is 8.42 Å². The van der Waals surface area contributed by atoms with E-state index in [0.717, 1.165) is 11.8 Å². The fraction of sp³-hybridized carbons (Fsp3) is 0.400. The molecule has 2 N–H and O–H groups in total. The maximum Gasteiger partial charge on any atom is 0.243 e. The zero-order chi connectivity index (χ0) is 15.1. The molecule has 1 aromatic heterocycles. The van der Waals surface area contributed by atoms with Crippen molar-refractivity contribution in [1.29, 1.82) is 0 Å². The molecule has 2 heterocycles. The molecule has 0 radical (unpaired) electrons. The molecule has 0 amide bonds. The minimum atomic E-state index is -3.50. The molecule has 1 aliphatic heterocycles. The lowest BCUT2D eigenvalue weighted by Crippen LogP contribution is -2.34. The summed E-state index contributed by atoms with van der Waals surface area (Å²) in [7, 11) is -3.50. The van der Waals surface area contributed by atoms with Crippen LogP contribution in [-0.2, 0) is 10.0 Å². The lowest BCUT2D eigenvalue weighted by molar-refractivity contribution is 0.350. The predicted molar refractivity (Wildman–Crippen MR) is 82.3 cm³/mol. The quantitative estimate of drug-likeness (QED) is 0.934. The highest BCUT2D eigenvalue weighted by molar-refractivity contribution is 7.89. The van der Waals surface area contributed by atoms with E-state index in [2.05, 4.69) is 4.98 Å². The van der Waals surface area contributed by atoms with Crippen LogP contribution in [-0.4, -0.2) is 37.3 Å². The van der Waals surface area contributed by atoms with Crippen molar-refractivity contribution >= 4 is 20.8 Å². The lowest BCUT2D eigenvalue weighted by Gasteiger charge is -2.22. The van der Waals surface area contributed by atoms with Gasteiger partial charge in [0.25, 0.3) is 0 Å². The number of fused-ring (bicyclic) bond motifs is 1. The largest absolute Gasteiger partial charge is 0.330 e. The third-order valence-corrected chi connectivity index (χ3v) is 6.18. The number of pyridine rings is 1. The smallest absolute Gasteiger partial charge is 0.243 e. The second-order valence-electron chi connectivity index (χ2n) is 5.96. The van der Waals surface area contributed by atoms with E-state index in [1.54, 1.807) is 34.9 Å². The Hall–Kier alpha value is -1.50. The highest BCUT2D eigenvalue weighted by atomic mass is 32.2. The zero-order valence-electron chi connectivity index (χ0n) is 12.0. The second kappa shape index (κ2) is 5.05. The van der Waals surface area contributed by atoms with Gasteiger partial charge in [-0.05, 0) is 30.5 Å². The minimum absolute atomic E-state index is 0.126. The highest BCUT2D eigenvalue weighted by Crippen LogP contribution is 2.34. The first-order chi connectivity index (χ1) is 9.96. The number of sulfonamides is 1. The van der Waals surface area contributed by atoms with Crippen LogP contribution in [0.15, 0.2) is 41.6 Å². The Balaban J connectivity index is 2.06. The molecule has 0 spiro atoms. The van der Waals surface area contributed by atoms with Crippen LogP contribution < -0.4 is 5.73 Å². The number of hydrogen-bond acceptors (Lipinski definition) is 4. The molecule has 1 aromatic carbocycles. The number of nitrogens with zero attached hydrogens (tertiary/aromatic N) is 2. The van der Waals surface area contributed by atoms with E-state index in [4.69, 9.17) is 5.73 Å². The topological polar surface area (TPSA) is 76.3 Å². The molecule has 1 unspecified atom stereocenters. The Kier molecular flexibility index (Phi) is 3.47. The Bertz CT molecular complexity index is 770. The van der Waals surface area contributed by atoms with E-state index in [9.17, 15) is 8.42 Å². The van der Waals surface area contributed by atoms with E-state index >= 15 is 0 Å². The number of rotatable bonds is 3. The van der Waals surface area contributed by atoms with Crippen molar-refractivity contribution in [3.05, 3.63) is 36.7 Å². The molecule has 0 bridgehead atoms. The standard InChI is InChI=1S/C15H19N3O2S/c1-15(10-16)6-8-18(11-15)21(19,20)14-4-2-3-12-9-17-7-5-13(12)14/h2-5,7,9H,6,8,10-11,16H2,1H3. The van der Waals surface area contributed by atoms with Gasteiger partial charge in [-0.15, -0.1) is 0 Å². The maximum absolute atomic E-state index is 12.9. The fourth-order valence-corrected chi connectivity index (χ4v) is 4.61. The highest BCUT2D eigenvalue weighted by Gasteiger charge is 2.39. The minimum Gasteiger partial charge on any atom is -0.330 e. The summed E-state index contributed by atoms with van der Waals surface area (Å²) in [5.74, 6) is 0. The van der Waals surface area contributed by atoms with Crippen molar-refractivity contribution in [2.75, 3.05) is 19.6 Å². The molecular weight excluding hydrogens is 286 g/mol. The van der Waals surface area contributed by atoms with Crippen molar-refractivity contribution in [2.24, 2.45) is 11.1 Å². The average molecular weight is 305 g/mol. The maximum atomic E-state index is 12.9. The first kappa shape index (κ1) is 14.4. The van der Waals surface area contributed by atoms with Gasteiger partial charge in [0.2, 0.25) is 10.0 Å². The Morgan fingerprint density at radius 2 is 2.19 bits per heavy atom. The van der Waals surface area contributed by atoms with Crippen molar-refractivity contribution in [2.45, 2.75) is 18.2 Å². The summed E-state index contributed by atoms with van der Waals surface area (Å²) in [5, 5.41) is 1.55. The van der Waals surface area contributed by atoms with Gasteiger partial charge in [-0.3, -0.25) is 4.98 Å². The van der Waals surface area contributed by atoms with Gasteiger partial charge in [0.15, 0.2) is 0 Å². The molecule has 2 aromatic rings. The fourth-order valence-electron chi connectivity index (χ4n) is 2.81. The molecule has 1 atom stereocenters. The van der Waals surface area contributed by atoms with Crippen LogP contribution in [0, 0.1) is 5.41 Å². The lowest BCUT2D eigenvalue weighted by atomic mass is 9.90. The van der Waals surface area contributed by atoms with Crippen molar-refractivity contribution in [1.82, 2.24) is 9.29 Å². The van der Waals surface area contributed by atoms with E-state index in [1.165, 1.54) is 0 Å². The van der Waals surface area contributed by atoms with Crippen LogP contribution in [0.1, 0.15) is 13.3 Å². The summed E-state index contributed by atoms with van der Waals surface area (Å²) in [5.41, 5.74) is 5.65. The molecule has 112 valence electrons. The molecule has 1 fully saturated rings. The summed E-state index contributed by atoms with van der Waals surface area (Å²) >= 11 is 0. The summed E-state index contributed by atoms with van der Waals surface area (Å²) in [4.78, 5) is 4.40. The molecule has 1 saturated heterocycles. The van der Waals surface area contributed by atoms with E-state index in [0.29, 0.717) is 29.9 Å². The molecule has 5 nitrogen and oxygen atoms in total. The molecule has 21 heavy (non-hydrogen) atoms. The van der Waals surface area contributed by atoms with Gasteiger partial charge in [0, 0.05) is 36.3 Å². The first-order valence-corrected chi connectivity index (χ1v) is 8.43. The SMILES string of the molecule is CC1(CN)CCN(S(=O)(=O)c2cccc3cnccc23)C1. The van der Waals surface area contributed by atoms with Crippen LogP contribution in [0.5, 0.6) is 0 Å². The molecule has 1 aliphatic rings. The average Bonchev–Trinajstić information content (AvgIpc) is 2.91. The summed E-state index contributed by atoms with van der Waals surface area (Å²) in [6.07, 6.45) is 4.10. The summed E-state index contributed by atoms with van der Waals surface area (Å²) in [6.45, 7) is 3.54. The van der Waals surface area contributed by atoms with Crippen LogP contribution in [0.3, 0.4) is 0 Å². The van der Waals surface area contributed by atoms with Crippen molar-refractivity contribution in [3.63, 3.8) is 0 Å². The van der Waals surface area contributed by atoms with Crippen LogP contribution in [0.4, 0.5) is 0 Å². The molecule has 0 saturated carbocycles. The van der Waals surface area contributed by atoms with Gasteiger partial charge >= 0.3 is 0 Å². The third kappa shape index (κ3) is 2.43. The van der Waals surface area contributed by atoms with Crippen LogP contribution in [0.2, 0.25) is 0 Å². The summed E-state index contributed by atoms with van der Waals surface area (Å²) < 4.78 is 27.4. The van der Waals surface area contributed by atoms with Crippen LogP contribution in [0.25, 0.3) is 10.8 Å². The van der Waals surface area contributed by atoms with Gasteiger partial charge in [0.1, 0.15) is 0 Å². The predicted octanol–water partition coefficient (Wildman–Crippen LogP) is 1.59. The van der Waals surface area contributed by atoms with E-state index in [-0.39, 0.29) is 5.41 Å². The summed E-state index contributed by atoms with van der Waals surface area (Å²) in [6, 6.07) is 7.04. The zero-order valence-corrected chi connectivity index (χ0v) is 12.8. The number of aromatic nitrogens is 1. The molecule has 0 aliphatic carbocycles. The molecular formula is C15H19N3O2S. The van der Waals surface area contributed by atoms with Crippen molar-refractivity contribution in [3.8, 4) is 0 Å². The Morgan fingerprint density at radius 1 is 1.38 bits per heavy atom. The van der Waals surface area contributed by atoms with E-state index < -0.39 is 10.0 Å².